The van der Waals surface area contributed by atoms with Crippen molar-refractivity contribution in [1.29, 1.82) is 0 Å². The van der Waals surface area contributed by atoms with Gasteiger partial charge in [-0.05, 0) is 43.0 Å². The van der Waals surface area contributed by atoms with Crippen molar-refractivity contribution in [3.63, 3.8) is 0 Å². The van der Waals surface area contributed by atoms with Crippen molar-refractivity contribution in [3.8, 4) is 0 Å². The Balaban J connectivity index is 2.54. The summed E-state index contributed by atoms with van der Waals surface area (Å²) in [5.74, 6) is 1.08. The molecule has 0 saturated carbocycles. The smallest absolute Gasteiger partial charge is 0.254 e. The third-order valence-electron chi connectivity index (χ3n) is 2.51. The highest BCUT2D eigenvalue weighted by Crippen LogP contribution is 2.12. The van der Waals surface area contributed by atoms with Crippen molar-refractivity contribution < 1.29 is 9.18 Å². The predicted octanol–water partition coefficient (Wildman–Crippen LogP) is 2.67. The SMILES string of the molecule is CCSCCC(C)NC(=O)c1ccc(N)cc1F. The number of nitrogen functional groups attached to an aromatic ring is 1. The summed E-state index contributed by atoms with van der Waals surface area (Å²) in [7, 11) is 0. The summed E-state index contributed by atoms with van der Waals surface area (Å²) in [6.07, 6.45) is 0.876. The molecule has 1 aromatic carbocycles. The lowest BCUT2D eigenvalue weighted by Crippen LogP contribution is -2.33. The Hall–Kier alpha value is -1.23. The minimum atomic E-state index is -0.581. The van der Waals surface area contributed by atoms with E-state index in [1.165, 1.54) is 12.1 Å². The maximum Gasteiger partial charge on any atom is 0.254 e. The van der Waals surface area contributed by atoms with Crippen molar-refractivity contribution >= 4 is 23.4 Å². The topological polar surface area (TPSA) is 55.1 Å². The van der Waals surface area contributed by atoms with Crippen LogP contribution in [0.4, 0.5) is 10.1 Å². The summed E-state index contributed by atoms with van der Waals surface area (Å²) in [5.41, 5.74) is 5.79. The molecule has 0 aliphatic carbocycles. The molecule has 0 aliphatic heterocycles. The summed E-state index contributed by atoms with van der Waals surface area (Å²) in [6.45, 7) is 4.01. The molecule has 0 aromatic heterocycles. The van der Waals surface area contributed by atoms with E-state index in [2.05, 4.69) is 12.2 Å². The number of hydrogen-bond acceptors (Lipinski definition) is 3. The Morgan fingerprint density at radius 3 is 2.89 bits per heavy atom. The fourth-order valence-corrected chi connectivity index (χ4v) is 2.30. The van der Waals surface area contributed by atoms with Crippen LogP contribution in [0.1, 0.15) is 30.6 Å². The third-order valence-corrected chi connectivity index (χ3v) is 3.45. The minimum absolute atomic E-state index is 0.0357. The average Bonchev–Trinajstić information content (AvgIpc) is 2.28. The van der Waals surface area contributed by atoms with E-state index in [1.54, 1.807) is 0 Å². The summed E-state index contributed by atoms with van der Waals surface area (Å²) >= 11 is 1.82. The van der Waals surface area contributed by atoms with Crippen LogP contribution in [0.3, 0.4) is 0 Å². The third kappa shape index (κ3) is 4.56. The van der Waals surface area contributed by atoms with Gasteiger partial charge in [0.2, 0.25) is 0 Å². The van der Waals surface area contributed by atoms with Crippen molar-refractivity contribution in [2.45, 2.75) is 26.3 Å². The number of carbonyl (C=O) groups is 1. The molecule has 5 heteroatoms. The number of anilines is 1. The number of hydrogen-bond donors (Lipinski definition) is 2. The van der Waals surface area contributed by atoms with Gasteiger partial charge >= 0.3 is 0 Å². The predicted molar refractivity (Wildman–Crippen MR) is 75.4 cm³/mol. The summed E-state index contributed by atoms with van der Waals surface area (Å²) in [4.78, 5) is 11.8. The normalized spacial score (nSPS) is 12.2. The van der Waals surface area contributed by atoms with Crippen LogP contribution in [0.15, 0.2) is 18.2 Å². The quantitative estimate of drug-likeness (QED) is 0.617. The van der Waals surface area contributed by atoms with Crippen molar-refractivity contribution in [2.24, 2.45) is 0 Å². The van der Waals surface area contributed by atoms with Crippen molar-refractivity contribution in [3.05, 3.63) is 29.6 Å². The Kier molecular flexibility index (Phi) is 5.98. The molecule has 0 fully saturated rings. The number of nitrogens with one attached hydrogen (secondary N) is 1. The standard InChI is InChI=1S/C13H19FN2OS/c1-3-18-7-6-9(2)16-13(17)11-5-4-10(15)8-12(11)14/h4-5,8-9H,3,6-7,15H2,1-2H3,(H,16,17). The van der Waals surface area contributed by atoms with Crippen molar-refractivity contribution in [1.82, 2.24) is 5.32 Å². The van der Waals surface area contributed by atoms with Crippen LogP contribution >= 0.6 is 11.8 Å². The first-order valence-corrected chi connectivity index (χ1v) is 7.13. The lowest BCUT2D eigenvalue weighted by molar-refractivity contribution is 0.0935. The molecule has 1 unspecified atom stereocenters. The van der Waals surface area contributed by atoms with Crippen molar-refractivity contribution in [2.75, 3.05) is 17.2 Å². The molecule has 0 radical (unpaired) electrons. The van der Waals surface area contributed by atoms with Crippen LogP contribution < -0.4 is 11.1 Å². The van der Waals surface area contributed by atoms with Crippen LogP contribution in [0.5, 0.6) is 0 Å². The van der Waals surface area contributed by atoms with Crippen LogP contribution in [0, 0.1) is 5.82 Å². The van der Waals surface area contributed by atoms with Gasteiger partial charge < -0.3 is 11.1 Å². The first kappa shape index (κ1) is 14.8. The van der Waals surface area contributed by atoms with E-state index in [-0.39, 0.29) is 17.5 Å². The summed E-state index contributed by atoms with van der Waals surface area (Å²) in [5, 5.41) is 2.78. The zero-order chi connectivity index (χ0) is 13.5. The van der Waals surface area contributed by atoms with E-state index in [0.29, 0.717) is 5.69 Å². The fourth-order valence-electron chi connectivity index (χ4n) is 1.49. The van der Waals surface area contributed by atoms with E-state index in [4.69, 9.17) is 5.73 Å². The fraction of sp³-hybridized carbons (Fsp3) is 0.462. The van der Waals surface area contributed by atoms with E-state index >= 15 is 0 Å². The van der Waals surface area contributed by atoms with Crippen LogP contribution in [0.2, 0.25) is 0 Å². The van der Waals surface area contributed by atoms with Gasteiger partial charge in [-0.15, -0.1) is 0 Å². The van der Waals surface area contributed by atoms with Gasteiger partial charge in [-0.25, -0.2) is 4.39 Å². The Morgan fingerprint density at radius 1 is 1.56 bits per heavy atom. The first-order chi connectivity index (χ1) is 8.54. The molecule has 18 heavy (non-hydrogen) atoms. The number of halogens is 1. The molecule has 0 heterocycles. The van der Waals surface area contributed by atoms with Gasteiger partial charge in [-0.3, -0.25) is 4.79 Å². The number of nitrogens with two attached hydrogens (primary N) is 1. The van der Waals surface area contributed by atoms with Gasteiger partial charge in [0.25, 0.3) is 5.91 Å². The second kappa shape index (κ2) is 7.26. The molecule has 1 amide bonds. The summed E-state index contributed by atoms with van der Waals surface area (Å²) < 4.78 is 13.5. The lowest BCUT2D eigenvalue weighted by atomic mass is 10.1. The largest absolute Gasteiger partial charge is 0.399 e. The molecule has 3 N–H and O–H groups in total. The molecule has 3 nitrogen and oxygen atoms in total. The van der Waals surface area contributed by atoms with Crippen LogP contribution in [-0.4, -0.2) is 23.5 Å². The average molecular weight is 270 g/mol. The van der Waals surface area contributed by atoms with E-state index < -0.39 is 5.82 Å². The number of benzene rings is 1. The summed E-state index contributed by atoms with van der Waals surface area (Å²) in [6, 6.07) is 4.13. The molecule has 0 spiro atoms. The van der Waals surface area contributed by atoms with Gasteiger partial charge in [-0.1, -0.05) is 6.92 Å². The molecule has 100 valence electrons. The molecular formula is C13H19FN2OS. The van der Waals surface area contributed by atoms with Crippen LogP contribution in [0.25, 0.3) is 0 Å². The van der Waals surface area contributed by atoms with E-state index in [0.717, 1.165) is 24.0 Å². The zero-order valence-electron chi connectivity index (χ0n) is 10.7. The Morgan fingerprint density at radius 2 is 2.28 bits per heavy atom. The number of rotatable bonds is 6. The second-order valence-corrected chi connectivity index (χ2v) is 5.49. The van der Waals surface area contributed by atoms with Crippen LogP contribution in [-0.2, 0) is 0 Å². The Labute approximate surface area is 111 Å². The maximum absolute atomic E-state index is 13.5. The molecule has 0 bridgehead atoms. The van der Waals surface area contributed by atoms with E-state index in [1.807, 2.05) is 18.7 Å². The Bertz CT molecular complexity index is 412. The number of amides is 1. The molecule has 1 rings (SSSR count). The molecular weight excluding hydrogens is 251 g/mol. The highest BCUT2D eigenvalue weighted by molar-refractivity contribution is 7.99. The van der Waals surface area contributed by atoms with Gasteiger partial charge in [0, 0.05) is 11.7 Å². The molecule has 0 aliphatic rings. The molecule has 1 aromatic rings. The number of thioether (sulfide) groups is 1. The minimum Gasteiger partial charge on any atom is -0.399 e. The van der Waals surface area contributed by atoms with Gasteiger partial charge in [0.05, 0.1) is 5.56 Å². The maximum atomic E-state index is 13.5. The highest BCUT2D eigenvalue weighted by atomic mass is 32.2. The number of carbonyl (C=O) groups excluding carboxylic acids is 1. The van der Waals surface area contributed by atoms with Gasteiger partial charge in [-0.2, -0.15) is 11.8 Å². The zero-order valence-corrected chi connectivity index (χ0v) is 11.5. The first-order valence-electron chi connectivity index (χ1n) is 5.98. The second-order valence-electron chi connectivity index (χ2n) is 4.10. The van der Waals surface area contributed by atoms with E-state index in [9.17, 15) is 9.18 Å². The monoisotopic (exact) mass is 270 g/mol. The molecule has 1 atom stereocenters. The highest BCUT2D eigenvalue weighted by Gasteiger charge is 2.13. The molecule has 0 saturated heterocycles. The lowest BCUT2D eigenvalue weighted by Gasteiger charge is -2.14. The van der Waals surface area contributed by atoms with Gasteiger partial charge in [0.15, 0.2) is 0 Å². The van der Waals surface area contributed by atoms with Gasteiger partial charge in [0.1, 0.15) is 5.82 Å².